The van der Waals surface area contributed by atoms with E-state index >= 15 is 0 Å². The van der Waals surface area contributed by atoms with E-state index in [1.54, 1.807) is 50.2 Å². The van der Waals surface area contributed by atoms with Gasteiger partial charge in [0.15, 0.2) is 5.13 Å². The van der Waals surface area contributed by atoms with Gasteiger partial charge in [0, 0.05) is 10.4 Å². The van der Waals surface area contributed by atoms with Gasteiger partial charge in [-0.05, 0) is 43.8 Å². The van der Waals surface area contributed by atoms with Gasteiger partial charge in [-0.2, -0.15) is 0 Å². The number of amides is 1. The van der Waals surface area contributed by atoms with Crippen LogP contribution in [-0.2, 0) is 14.3 Å². The van der Waals surface area contributed by atoms with Crippen LogP contribution in [0.2, 0.25) is 0 Å². The maximum absolute atomic E-state index is 13.3. The van der Waals surface area contributed by atoms with Gasteiger partial charge in [0.25, 0.3) is 5.78 Å². The van der Waals surface area contributed by atoms with Gasteiger partial charge in [-0.3, -0.25) is 14.5 Å². The van der Waals surface area contributed by atoms with Crippen LogP contribution in [0.25, 0.3) is 5.76 Å². The number of ether oxygens (including phenoxy) is 2. The Hall–Kier alpha value is -3.50. The molecule has 1 atom stereocenters. The molecule has 0 saturated carbocycles. The van der Waals surface area contributed by atoms with Crippen molar-refractivity contribution in [2.24, 2.45) is 0 Å². The third-order valence-corrected chi connectivity index (χ3v) is 7.64. The van der Waals surface area contributed by atoms with Crippen molar-refractivity contribution in [2.75, 3.05) is 18.1 Å². The van der Waals surface area contributed by atoms with Crippen LogP contribution in [0, 0.1) is 6.92 Å². The van der Waals surface area contributed by atoms with Crippen molar-refractivity contribution in [3.05, 3.63) is 68.4 Å². The lowest BCUT2D eigenvalue weighted by Crippen LogP contribution is -2.29. The standard InChI is InChI=1S/C26H26N2O6S2/c1-4-6-12-34-17-10-7-9-16(14-17)21(29)19-20(18-11-8-13-35-18)28(24(31)22(19)30)26-27-15(3)23(36-26)25(32)33-5-2/h7-11,13-14,20,29H,4-6,12H2,1-3H3/b21-19+. The molecule has 1 unspecified atom stereocenters. The third kappa shape index (κ3) is 4.91. The third-order valence-electron chi connectivity index (χ3n) is 5.58. The number of carbonyl (C=O) groups is 3. The molecule has 4 rings (SSSR count). The lowest BCUT2D eigenvalue weighted by Gasteiger charge is -2.21. The van der Waals surface area contributed by atoms with Gasteiger partial charge >= 0.3 is 11.9 Å². The highest BCUT2D eigenvalue weighted by molar-refractivity contribution is 7.18. The Kier molecular flexibility index (Phi) is 7.85. The zero-order chi connectivity index (χ0) is 25.8. The number of hydrogen-bond acceptors (Lipinski definition) is 9. The van der Waals surface area contributed by atoms with E-state index in [2.05, 4.69) is 11.9 Å². The van der Waals surface area contributed by atoms with Crippen molar-refractivity contribution >= 4 is 51.2 Å². The first-order chi connectivity index (χ1) is 17.4. The number of Topliss-reactive ketones (excluding diaryl/α,β-unsaturated/α-hetero) is 1. The second-order valence-electron chi connectivity index (χ2n) is 8.05. The number of hydrogen-bond donors (Lipinski definition) is 1. The number of aliphatic hydroxyl groups is 1. The van der Waals surface area contributed by atoms with Gasteiger partial charge in [-0.25, -0.2) is 9.78 Å². The minimum atomic E-state index is -0.893. The van der Waals surface area contributed by atoms with Crippen molar-refractivity contribution in [3.63, 3.8) is 0 Å². The molecule has 1 aromatic carbocycles. The molecule has 10 heteroatoms. The summed E-state index contributed by atoms with van der Waals surface area (Å²) in [6, 6.07) is 9.51. The van der Waals surface area contributed by atoms with Crippen molar-refractivity contribution in [2.45, 2.75) is 39.7 Å². The minimum absolute atomic E-state index is 0.0429. The quantitative estimate of drug-likeness (QED) is 0.129. The Morgan fingerprint density at radius 3 is 2.69 bits per heavy atom. The molecule has 1 N–H and O–H groups in total. The number of ketones is 1. The average Bonchev–Trinajstić information content (AvgIpc) is 3.58. The Morgan fingerprint density at radius 2 is 2.00 bits per heavy atom. The van der Waals surface area contributed by atoms with Gasteiger partial charge in [0.05, 0.1) is 24.5 Å². The Labute approximate surface area is 216 Å². The normalized spacial score (nSPS) is 17.0. The maximum atomic E-state index is 13.3. The number of thiophene rings is 1. The second-order valence-corrected chi connectivity index (χ2v) is 10.0. The maximum Gasteiger partial charge on any atom is 0.350 e. The minimum Gasteiger partial charge on any atom is -0.507 e. The molecule has 36 heavy (non-hydrogen) atoms. The van der Waals surface area contributed by atoms with Crippen LogP contribution in [0.4, 0.5) is 5.13 Å². The van der Waals surface area contributed by atoms with E-state index in [0.717, 1.165) is 24.2 Å². The first-order valence-corrected chi connectivity index (χ1v) is 13.3. The Balaban J connectivity index is 1.80. The van der Waals surface area contributed by atoms with Crippen LogP contribution < -0.4 is 9.64 Å². The summed E-state index contributed by atoms with van der Waals surface area (Å²) in [4.78, 5) is 45.5. The summed E-state index contributed by atoms with van der Waals surface area (Å²) < 4.78 is 10.8. The van der Waals surface area contributed by atoms with E-state index in [0.29, 0.717) is 28.5 Å². The number of unbranched alkanes of at least 4 members (excludes halogenated alkanes) is 1. The largest absolute Gasteiger partial charge is 0.507 e. The van der Waals surface area contributed by atoms with Gasteiger partial charge in [-0.1, -0.05) is 42.9 Å². The van der Waals surface area contributed by atoms with Crippen molar-refractivity contribution in [1.29, 1.82) is 0 Å². The summed E-state index contributed by atoms with van der Waals surface area (Å²) in [5, 5.41) is 13.3. The van der Waals surface area contributed by atoms with E-state index in [9.17, 15) is 19.5 Å². The second kappa shape index (κ2) is 11.0. The zero-order valence-corrected chi connectivity index (χ0v) is 21.8. The number of carbonyl (C=O) groups excluding carboxylic acids is 3. The van der Waals surface area contributed by atoms with Crippen molar-refractivity contribution < 1.29 is 29.0 Å². The Morgan fingerprint density at radius 1 is 1.19 bits per heavy atom. The van der Waals surface area contributed by atoms with Gasteiger partial charge in [0.1, 0.15) is 22.4 Å². The van der Waals surface area contributed by atoms with Crippen LogP contribution >= 0.6 is 22.7 Å². The first-order valence-electron chi connectivity index (χ1n) is 11.6. The van der Waals surface area contributed by atoms with Crippen LogP contribution in [0.15, 0.2) is 47.4 Å². The highest BCUT2D eigenvalue weighted by Crippen LogP contribution is 2.45. The molecular weight excluding hydrogens is 500 g/mol. The van der Waals surface area contributed by atoms with Crippen molar-refractivity contribution in [3.8, 4) is 5.75 Å². The van der Waals surface area contributed by atoms with E-state index < -0.39 is 23.7 Å². The number of benzene rings is 1. The smallest absolute Gasteiger partial charge is 0.350 e. The van der Waals surface area contributed by atoms with Gasteiger partial charge in [0.2, 0.25) is 0 Å². The van der Waals surface area contributed by atoms with E-state index in [1.165, 1.54) is 16.2 Å². The molecule has 0 radical (unpaired) electrons. The number of thiazole rings is 1. The molecule has 188 valence electrons. The number of aryl methyl sites for hydroxylation is 1. The zero-order valence-electron chi connectivity index (χ0n) is 20.1. The predicted octanol–water partition coefficient (Wildman–Crippen LogP) is 5.49. The highest BCUT2D eigenvalue weighted by Gasteiger charge is 2.49. The molecule has 1 fully saturated rings. The van der Waals surface area contributed by atoms with E-state index in [4.69, 9.17) is 9.47 Å². The average molecular weight is 527 g/mol. The molecule has 1 aliphatic rings. The molecule has 0 spiro atoms. The number of nitrogens with zero attached hydrogens (tertiary/aromatic N) is 2. The monoisotopic (exact) mass is 526 g/mol. The Bertz CT molecular complexity index is 1310. The van der Waals surface area contributed by atoms with Gasteiger partial charge < -0.3 is 14.6 Å². The molecular formula is C26H26N2O6S2. The van der Waals surface area contributed by atoms with Crippen LogP contribution in [0.5, 0.6) is 5.75 Å². The highest BCUT2D eigenvalue weighted by atomic mass is 32.1. The van der Waals surface area contributed by atoms with Crippen LogP contribution in [-0.4, -0.2) is 41.0 Å². The topological polar surface area (TPSA) is 106 Å². The molecule has 2 aromatic heterocycles. The summed E-state index contributed by atoms with van der Waals surface area (Å²) in [6.07, 6.45) is 1.87. The fourth-order valence-corrected chi connectivity index (χ4v) is 5.65. The van der Waals surface area contributed by atoms with Gasteiger partial charge in [-0.15, -0.1) is 11.3 Å². The lowest BCUT2D eigenvalue weighted by molar-refractivity contribution is -0.132. The molecule has 8 nitrogen and oxygen atoms in total. The number of esters is 1. The number of rotatable bonds is 9. The summed E-state index contributed by atoms with van der Waals surface area (Å²) in [5.41, 5.74) is 0.724. The number of aliphatic hydroxyl groups excluding tert-OH is 1. The van der Waals surface area contributed by atoms with E-state index in [1.807, 2.05) is 5.38 Å². The molecule has 0 aliphatic carbocycles. The van der Waals surface area contributed by atoms with Crippen LogP contribution in [0.1, 0.15) is 58.5 Å². The number of aromatic nitrogens is 1. The predicted molar refractivity (Wildman–Crippen MR) is 139 cm³/mol. The summed E-state index contributed by atoms with van der Waals surface area (Å²) >= 11 is 2.33. The molecule has 1 amide bonds. The van der Waals surface area contributed by atoms with Crippen molar-refractivity contribution in [1.82, 2.24) is 4.98 Å². The molecule has 1 aliphatic heterocycles. The van der Waals surface area contributed by atoms with E-state index in [-0.39, 0.29) is 27.9 Å². The lowest BCUT2D eigenvalue weighted by atomic mass is 10.00. The summed E-state index contributed by atoms with van der Waals surface area (Å²) in [6.45, 7) is 6.15. The molecule has 3 heterocycles. The summed E-state index contributed by atoms with van der Waals surface area (Å²) in [7, 11) is 0. The molecule has 0 bridgehead atoms. The fourth-order valence-electron chi connectivity index (χ4n) is 3.84. The molecule has 1 saturated heterocycles. The molecule has 3 aromatic rings. The fraction of sp³-hybridized carbons (Fsp3) is 0.308. The summed E-state index contributed by atoms with van der Waals surface area (Å²) in [5.74, 6) is -1.93. The number of anilines is 1. The SMILES string of the molecule is CCCCOc1cccc(/C(O)=C2\C(=O)C(=O)N(c3nc(C)c(C(=O)OCC)s3)C2c2cccs2)c1. The first kappa shape index (κ1) is 25.6. The van der Waals surface area contributed by atoms with Crippen LogP contribution in [0.3, 0.4) is 0 Å².